The summed E-state index contributed by atoms with van der Waals surface area (Å²) in [6.45, 7) is 1.66. The van der Waals surface area contributed by atoms with Gasteiger partial charge in [-0.15, -0.1) is 0 Å². The number of fused-ring (bicyclic) bond motifs is 1. The van der Waals surface area contributed by atoms with Gasteiger partial charge in [-0.1, -0.05) is 12.1 Å². The highest BCUT2D eigenvalue weighted by Gasteiger charge is 2.20. The van der Waals surface area contributed by atoms with Crippen LogP contribution >= 0.6 is 0 Å². The van der Waals surface area contributed by atoms with Crippen molar-refractivity contribution in [2.75, 3.05) is 0 Å². The van der Waals surface area contributed by atoms with E-state index >= 15 is 0 Å². The molecule has 0 aliphatic heterocycles. The summed E-state index contributed by atoms with van der Waals surface area (Å²) in [6.07, 6.45) is 5.54. The number of carbonyl (C=O) groups is 1. The number of carboxylic acid groups (broad SMARTS) is 1. The van der Waals surface area contributed by atoms with Crippen molar-refractivity contribution in [2.24, 2.45) is 0 Å². The predicted molar refractivity (Wildman–Crippen MR) is 110 cm³/mol. The Balaban J connectivity index is 1.64. The zero-order chi connectivity index (χ0) is 21.1. The lowest BCUT2D eigenvalue weighted by Gasteiger charge is -2.07. The van der Waals surface area contributed by atoms with E-state index in [1.54, 1.807) is 43.7 Å². The smallest absolute Gasteiger partial charge is 0.321 e. The maximum Gasteiger partial charge on any atom is 0.321 e. The first-order valence-electron chi connectivity index (χ1n) is 9.36. The number of rotatable bonds is 6. The third-order valence-corrected chi connectivity index (χ3v) is 4.90. The molecular weight excluding hydrogens is 380 g/mol. The van der Waals surface area contributed by atoms with Crippen LogP contribution < -0.4 is 4.74 Å². The van der Waals surface area contributed by atoms with Crippen LogP contribution in [0.5, 0.6) is 11.8 Å². The number of carboxylic acids is 1. The molecule has 0 bridgehead atoms. The molecule has 7 heteroatoms. The first kappa shape index (κ1) is 19.2. The van der Waals surface area contributed by atoms with Gasteiger partial charge in [0.15, 0.2) is 0 Å². The molecule has 1 N–H and O–H groups in total. The zero-order valence-corrected chi connectivity index (χ0v) is 16.2. The van der Waals surface area contributed by atoms with Crippen LogP contribution in [0.1, 0.15) is 35.2 Å². The van der Waals surface area contributed by atoms with Gasteiger partial charge in [-0.3, -0.25) is 4.79 Å². The van der Waals surface area contributed by atoms with Crippen LogP contribution in [0.2, 0.25) is 0 Å². The normalized spacial score (nSPS) is 11.7. The molecule has 7 nitrogen and oxygen atoms in total. The van der Waals surface area contributed by atoms with E-state index in [0.717, 1.165) is 22.3 Å². The standard InChI is InChI=1S/C23H18N4O3/c1-15(22(28)29)20-12-18(27-14-17(13-24)5-8-21(20)27)11-16-3-6-19(7-4-16)30-23-25-9-2-10-26-23/h2-10,12,14-15H,11H2,1H3,(H,28,29). The lowest BCUT2D eigenvalue weighted by molar-refractivity contribution is -0.138. The number of nitriles is 1. The summed E-state index contributed by atoms with van der Waals surface area (Å²) in [6, 6.07) is 17.1. The fourth-order valence-electron chi connectivity index (χ4n) is 3.31. The Morgan fingerprint density at radius 1 is 1.20 bits per heavy atom. The van der Waals surface area contributed by atoms with Crippen molar-refractivity contribution in [3.63, 3.8) is 0 Å². The highest BCUT2D eigenvalue weighted by Crippen LogP contribution is 2.28. The first-order chi connectivity index (χ1) is 14.5. The second kappa shape index (κ2) is 8.05. The molecule has 148 valence electrons. The summed E-state index contributed by atoms with van der Waals surface area (Å²) >= 11 is 0. The summed E-state index contributed by atoms with van der Waals surface area (Å²) in [4.78, 5) is 19.6. The number of aliphatic carboxylic acids is 1. The summed E-state index contributed by atoms with van der Waals surface area (Å²) in [7, 11) is 0. The van der Waals surface area contributed by atoms with Crippen molar-refractivity contribution in [1.82, 2.24) is 14.4 Å². The number of aromatic nitrogens is 3. The van der Waals surface area contributed by atoms with E-state index in [1.165, 1.54) is 0 Å². The minimum Gasteiger partial charge on any atom is -0.481 e. The average molecular weight is 398 g/mol. The molecule has 4 rings (SSSR count). The average Bonchev–Trinajstić information content (AvgIpc) is 3.12. The number of ether oxygens (including phenoxy) is 1. The Bertz CT molecular complexity index is 1240. The van der Waals surface area contributed by atoms with Gasteiger partial charge >= 0.3 is 12.0 Å². The SMILES string of the molecule is CC(C(=O)O)c1cc(Cc2ccc(Oc3ncccn3)cc2)n2cc(C#N)ccc12. The van der Waals surface area contributed by atoms with Gasteiger partial charge in [0.1, 0.15) is 11.8 Å². The molecule has 0 fully saturated rings. The molecule has 0 amide bonds. The molecule has 0 spiro atoms. The van der Waals surface area contributed by atoms with Gasteiger partial charge in [-0.2, -0.15) is 5.26 Å². The van der Waals surface area contributed by atoms with E-state index in [4.69, 9.17) is 4.74 Å². The summed E-state index contributed by atoms with van der Waals surface area (Å²) < 4.78 is 7.52. The summed E-state index contributed by atoms with van der Waals surface area (Å²) in [5, 5.41) is 18.7. The van der Waals surface area contributed by atoms with Gasteiger partial charge < -0.3 is 14.2 Å². The molecule has 1 aromatic carbocycles. The van der Waals surface area contributed by atoms with Crippen LogP contribution in [0.25, 0.3) is 5.52 Å². The molecule has 0 saturated carbocycles. The van der Waals surface area contributed by atoms with Gasteiger partial charge in [0.25, 0.3) is 0 Å². The van der Waals surface area contributed by atoms with Crippen molar-refractivity contribution >= 4 is 11.5 Å². The third kappa shape index (κ3) is 3.84. The van der Waals surface area contributed by atoms with E-state index in [9.17, 15) is 15.2 Å². The maximum absolute atomic E-state index is 11.5. The summed E-state index contributed by atoms with van der Waals surface area (Å²) in [5.74, 6) is -0.914. The van der Waals surface area contributed by atoms with Crippen LogP contribution in [0.15, 0.2) is 67.1 Å². The Kier molecular flexibility index (Phi) is 5.14. The molecule has 0 radical (unpaired) electrons. The van der Waals surface area contributed by atoms with Gasteiger partial charge in [-0.25, -0.2) is 9.97 Å². The summed E-state index contributed by atoms with van der Waals surface area (Å²) in [5.41, 5.74) is 3.96. The molecule has 1 atom stereocenters. The van der Waals surface area contributed by atoms with E-state index in [1.807, 2.05) is 34.7 Å². The topological polar surface area (TPSA) is 101 Å². The number of pyridine rings is 1. The third-order valence-electron chi connectivity index (χ3n) is 4.90. The van der Waals surface area contributed by atoms with E-state index < -0.39 is 11.9 Å². The molecule has 0 aliphatic rings. The second-order valence-electron chi connectivity index (χ2n) is 6.89. The van der Waals surface area contributed by atoms with Crippen LogP contribution in [0, 0.1) is 11.3 Å². The Hall–Kier alpha value is -4.18. The van der Waals surface area contributed by atoms with Crippen LogP contribution in [-0.4, -0.2) is 25.4 Å². The fraction of sp³-hybridized carbons (Fsp3) is 0.130. The van der Waals surface area contributed by atoms with Crippen molar-refractivity contribution < 1.29 is 14.6 Å². The van der Waals surface area contributed by atoms with Crippen molar-refractivity contribution in [3.8, 4) is 17.8 Å². The quantitative estimate of drug-likeness (QED) is 0.523. The van der Waals surface area contributed by atoms with E-state index in [0.29, 0.717) is 17.7 Å². The van der Waals surface area contributed by atoms with Crippen molar-refractivity contribution in [3.05, 3.63) is 89.5 Å². The molecule has 0 saturated heterocycles. The van der Waals surface area contributed by atoms with Gasteiger partial charge in [0.05, 0.1) is 11.5 Å². The van der Waals surface area contributed by atoms with Gasteiger partial charge in [0.2, 0.25) is 0 Å². The molecule has 30 heavy (non-hydrogen) atoms. The highest BCUT2D eigenvalue weighted by atomic mass is 16.5. The number of hydrogen-bond acceptors (Lipinski definition) is 5. The molecule has 0 aliphatic carbocycles. The molecule has 3 aromatic heterocycles. The van der Waals surface area contributed by atoms with Crippen LogP contribution in [-0.2, 0) is 11.2 Å². The first-order valence-corrected chi connectivity index (χ1v) is 9.36. The highest BCUT2D eigenvalue weighted by molar-refractivity contribution is 5.80. The molecular formula is C23H18N4O3. The van der Waals surface area contributed by atoms with Crippen LogP contribution in [0.4, 0.5) is 0 Å². The second-order valence-corrected chi connectivity index (χ2v) is 6.89. The largest absolute Gasteiger partial charge is 0.481 e. The van der Waals surface area contributed by atoms with Crippen molar-refractivity contribution in [1.29, 1.82) is 5.26 Å². The Morgan fingerprint density at radius 2 is 1.93 bits per heavy atom. The number of nitrogens with zero attached hydrogens (tertiary/aromatic N) is 4. The monoisotopic (exact) mass is 398 g/mol. The van der Waals surface area contributed by atoms with Crippen LogP contribution in [0.3, 0.4) is 0 Å². The maximum atomic E-state index is 11.5. The molecule has 1 unspecified atom stereocenters. The number of hydrogen-bond donors (Lipinski definition) is 1. The Morgan fingerprint density at radius 3 is 2.60 bits per heavy atom. The Labute approximate surface area is 172 Å². The zero-order valence-electron chi connectivity index (χ0n) is 16.2. The fourth-order valence-corrected chi connectivity index (χ4v) is 3.31. The minimum atomic E-state index is -0.886. The molecule has 3 heterocycles. The minimum absolute atomic E-state index is 0.277. The van der Waals surface area contributed by atoms with Gasteiger partial charge in [0, 0.05) is 36.2 Å². The van der Waals surface area contributed by atoms with Gasteiger partial charge in [-0.05, 0) is 54.4 Å². The number of benzene rings is 1. The van der Waals surface area contributed by atoms with E-state index in [-0.39, 0.29) is 6.01 Å². The lowest BCUT2D eigenvalue weighted by Crippen LogP contribution is -2.06. The molecule has 4 aromatic rings. The lowest BCUT2D eigenvalue weighted by atomic mass is 10.0. The van der Waals surface area contributed by atoms with Crippen molar-refractivity contribution in [2.45, 2.75) is 19.3 Å². The van der Waals surface area contributed by atoms with E-state index in [2.05, 4.69) is 16.0 Å². The predicted octanol–water partition coefficient (Wildman–Crippen LogP) is 4.17.